The van der Waals surface area contributed by atoms with E-state index < -0.39 is 24.4 Å². The number of methoxy groups -OCH3 is 1. The SMILES string of the molecule is C=CCc1cc(/C=C2/NC(=O)N(CC(=O)Nc3ccccc3OC)C2=O)cc(OCC)c1OCc1ccc(Cl)c(Cl)c1. The number of amides is 4. The zero-order valence-electron chi connectivity index (χ0n) is 23.0. The molecule has 4 rings (SSSR count). The van der Waals surface area contributed by atoms with Crippen molar-refractivity contribution in [1.29, 1.82) is 0 Å². The van der Waals surface area contributed by atoms with E-state index in [2.05, 4.69) is 17.2 Å². The first kappa shape index (κ1) is 30.5. The van der Waals surface area contributed by atoms with Crippen molar-refractivity contribution in [2.45, 2.75) is 20.0 Å². The molecule has 0 radical (unpaired) electrons. The molecule has 11 heteroatoms. The van der Waals surface area contributed by atoms with Gasteiger partial charge in [-0.3, -0.25) is 9.59 Å². The maximum absolute atomic E-state index is 13.1. The zero-order chi connectivity index (χ0) is 30.2. The number of rotatable bonds is 12. The van der Waals surface area contributed by atoms with E-state index in [1.165, 1.54) is 13.2 Å². The van der Waals surface area contributed by atoms with E-state index in [1.807, 2.05) is 19.1 Å². The van der Waals surface area contributed by atoms with E-state index >= 15 is 0 Å². The van der Waals surface area contributed by atoms with E-state index in [0.717, 1.165) is 16.0 Å². The Morgan fingerprint density at radius 3 is 2.55 bits per heavy atom. The van der Waals surface area contributed by atoms with Crippen molar-refractivity contribution in [2.75, 3.05) is 25.6 Å². The topological polar surface area (TPSA) is 106 Å². The summed E-state index contributed by atoms with van der Waals surface area (Å²) in [5.41, 5.74) is 2.60. The van der Waals surface area contributed by atoms with Crippen LogP contribution in [0.4, 0.5) is 10.5 Å². The molecule has 1 heterocycles. The lowest BCUT2D eigenvalue weighted by Gasteiger charge is -2.17. The molecule has 3 aromatic carbocycles. The van der Waals surface area contributed by atoms with Crippen LogP contribution in [0.2, 0.25) is 10.0 Å². The number of benzene rings is 3. The van der Waals surface area contributed by atoms with E-state index in [-0.39, 0.29) is 12.3 Å². The highest BCUT2D eigenvalue weighted by Gasteiger charge is 2.35. The predicted octanol–water partition coefficient (Wildman–Crippen LogP) is 6.24. The molecular formula is C31H29Cl2N3O6. The number of ether oxygens (including phenoxy) is 3. The Morgan fingerprint density at radius 1 is 1.05 bits per heavy atom. The average molecular weight is 610 g/mol. The minimum absolute atomic E-state index is 0.0153. The van der Waals surface area contributed by atoms with Crippen molar-refractivity contribution in [3.05, 3.63) is 99.7 Å². The van der Waals surface area contributed by atoms with E-state index in [0.29, 0.717) is 51.6 Å². The molecule has 42 heavy (non-hydrogen) atoms. The molecule has 9 nitrogen and oxygen atoms in total. The second-order valence-electron chi connectivity index (χ2n) is 9.10. The average Bonchev–Trinajstić information content (AvgIpc) is 3.22. The van der Waals surface area contributed by atoms with Gasteiger partial charge in [-0.1, -0.05) is 47.5 Å². The number of anilines is 1. The van der Waals surface area contributed by atoms with Gasteiger partial charge in [0.2, 0.25) is 5.91 Å². The van der Waals surface area contributed by atoms with Crippen LogP contribution in [-0.4, -0.2) is 43.0 Å². The Bertz CT molecular complexity index is 1560. The predicted molar refractivity (Wildman–Crippen MR) is 162 cm³/mol. The number of nitrogens with one attached hydrogen (secondary N) is 2. The lowest BCUT2D eigenvalue weighted by Crippen LogP contribution is -2.38. The van der Waals surface area contributed by atoms with Gasteiger partial charge in [0.25, 0.3) is 5.91 Å². The summed E-state index contributed by atoms with van der Waals surface area (Å²) >= 11 is 12.2. The fourth-order valence-corrected chi connectivity index (χ4v) is 4.57. The summed E-state index contributed by atoms with van der Waals surface area (Å²) in [6, 6.07) is 14.9. The first-order chi connectivity index (χ1) is 20.2. The number of nitrogens with zero attached hydrogens (tertiary/aromatic N) is 1. The number of urea groups is 1. The van der Waals surface area contributed by atoms with Crippen LogP contribution in [0.3, 0.4) is 0 Å². The highest BCUT2D eigenvalue weighted by molar-refractivity contribution is 6.42. The van der Waals surface area contributed by atoms with Gasteiger partial charge in [-0.2, -0.15) is 0 Å². The minimum atomic E-state index is -0.709. The summed E-state index contributed by atoms with van der Waals surface area (Å²) in [5.74, 6) is 0.224. The Kier molecular flexibility index (Phi) is 10.1. The van der Waals surface area contributed by atoms with E-state index in [1.54, 1.807) is 48.5 Å². The smallest absolute Gasteiger partial charge is 0.329 e. The third-order valence-corrected chi connectivity index (χ3v) is 6.88. The first-order valence-electron chi connectivity index (χ1n) is 13.0. The molecule has 0 spiro atoms. The molecule has 1 aliphatic rings. The first-order valence-corrected chi connectivity index (χ1v) is 13.7. The second kappa shape index (κ2) is 13.9. The number of para-hydroxylation sites is 2. The quantitative estimate of drug-likeness (QED) is 0.143. The van der Waals surface area contributed by atoms with Gasteiger partial charge in [0.1, 0.15) is 24.6 Å². The fraction of sp³-hybridized carbons (Fsp3) is 0.194. The molecule has 0 atom stereocenters. The monoisotopic (exact) mass is 609 g/mol. The Labute approximate surface area is 253 Å². The van der Waals surface area contributed by atoms with Gasteiger partial charge in [0.15, 0.2) is 11.5 Å². The normalized spacial score (nSPS) is 13.6. The molecule has 0 saturated carbocycles. The van der Waals surface area contributed by atoms with Crippen LogP contribution in [0.1, 0.15) is 23.6 Å². The number of hydrogen-bond acceptors (Lipinski definition) is 6. The summed E-state index contributed by atoms with van der Waals surface area (Å²) in [6.45, 7) is 5.78. The molecule has 3 aromatic rings. The van der Waals surface area contributed by atoms with Gasteiger partial charge in [0.05, 0.1) is 29.4 Å². The molecule has 0 aliphatic carbocycles. The summed E-state index contributed by atoms with van der Waals surface area (Å²) in [4.78, 5) is 39.2. The molecule has 218 valence electrons. The highest BCUT2D eigenvalue weighted by atomic mass is 35.5. The summed E-state index contributed by atoms with van der Waals surface area (Å²) in [7, 11) is 1.48. The van der Waals surface area contributed by atoms with Crippen molar-refractivity contribution in [1.82, 2.24) is 10.2 Å². The lowest BCUT2D eigenvalue weighted by atomic mass is 10.0. The van der Waals surface area contributed by atoms with Crippen LogP contribution in [0.15, 0.2) is 72.9 Å². The van der Waals surface area contributed by atoms with Crippen LogP contribution < -0.4 is 24.8 Å². The van der Waals surface area contributed by atoms with Gasteiger partial charge < -0.3 is 24.8 Å². The minimum Gasteiger partial charge on any atom is -0.495 e. The van der Waals surface area contributed by atoms with Crippen molar-refractivity contribution in [3.8, 4) is 17.2 Å². The van der Waals surface area contributed by atoms with Gasteiger partial charge in [0, 0.05) is 5.56 Å². The lowest BCUT2D eigenvalue weighted by molar-refractivity contribution is -0.127. The van der Waals surface area contributed by atoms with Gasteiger partial charge >= 0.3 is 6.03 Å². The van der Waals surface area contributed by atoms with Crippen LogP contribution >= 0.6 is 23.2 Å². The maximum atomic E-state index is 13.1. The molecule has 1 fully saturated rings. The third kappa shape index (κ3) is 7.23. The maximum Gasteiger partial charge on any atom is 0.329 e. The summed E-state index contributed by atoms with van der Waals surface area (Å²) in [5, 5.41) is 6.08. The molecule has 0 aromatic heterocycles. The van der Waals surface area contributed by atoms with Gasteiger partial charge in [-0.15, -0.1) is 6.58 Å². The Balaban J connectivity index is 1.55. The highest BCUT2D eigenvalue weighted by Crippen LogP contribution is 2.36. The van der Waals surface area contributed by atoms with Crippen LogP contribution in [-0.2, 0) is 22.6 Å². The van der Waals surface area contributed by atoms with Crippen molar-refractivity contribution in [3.63, 3.8) is 0 Å². The van der Waals surface area contributed by atoms with Crippen molar-refractivity contribution in [2.24, 2.45) is 0 Å². The molecule has 4 amide bonds. The summed E-state index contributed by atoms with van der Waals surface area (Å²) < 4.78 is 17.3. The largest absolute Gasteiger partial charge is 0.495 e. The Morgan fingerprint density at radius 2 is 1.83 bits per heavy atom. The standard InChI is InChI=1S/C31H29Cl2N3O6/c1-4-8-21-13-20(16-27(41-5-2)29(21)42-18-19-11-12-22(32)23(33)14-19)15-25-30(38)36(31(39)35-25)17-28(37)34-24-9-6-7-10-26(24)40-3/h4,6-7,9-16H,1,5,8,17-18H2,2-3H3,(H,34,37)(H,35,39)/b25-15+. The Hall–Kier alpha value is -4.47. The molecule has 0 unspecified atom stereocenters. The second-order valence-corrected chi connectivity index (χ2v) is 9.91. The van der Waals surface area contributed by atoms with Crippen molar-refractivity contribution >= 4 is 52.8 Å². The van der Waals surface area contributed by atoms with Gasteiger partial charge in [-0.25, -0.2) is 9.69 Å². The molecular weight excluding hydrogens is 581 g/mol. The number of imide groups is 1. The summed E-state index contributed by atoms with van der Waals surface area (Å²) in [6.07, 6.45) is 3.69. The number of halogens is 2. The number of carbonyl (C=O) groups excluding carboxylic acids is 3. The van der Waals surface area contributed by atoms with Crippen molar-refractivity contribution < 1.29 is 28.6 Å². The third-order valence-electron chi connectivity index (χ3n) is 6.14. The number of hydrogen-bond donors (Lipinski definition) is 2. The number of allylic oxidation sites excluding steroid dienone is 1. The molecule has 1 aliphatic heterocycles. The molecule has 1 saturated heterocycles. The van der Waals surface area contributed by atoms with Crippen LogP contribution in [0.25, 0.3) is 6.08 Å². The fourth-order valence-electron chi connectivity index (χ4n) is 4.25. The van der Waals surface area contributed by atoms with Crippen LogP contribution in [0, 0.1) is 0 Å². The molecule has 0 bridgehead atoms. The zero-order valence-corrected chi connectivity index (χ0v) is 24.6. The van der Waals surface area contributed by atoms with E-state index in [9.17, 15) is 14.4 Å². The number of carbonyl (C=O) groups is 3. The molecule has 2 N–H and O–H groups in total. The van der Waals surface area contributed by atoms with E-state index in [4.69, 9.17) is 37.4 Å². The van der Waals surface area contributed by atoms with Gasteiger partial charge in [-0.05, 0) is 66.9 Å². The van der Waals surface area contributed by atoms with Crippen LogP contribution in [0.5, 0.6) is 17.2 Å².